The minimum atomic E-state index is 0.107. The van der Waals surface area contributed by atoms with Crippen LogP contribution >= 0.6 is 43.2 Å². The van der Waals surface area contributed by atoms with Crippen molar-refractivity contribution in [2.75, 3.05) is 7.11 Å². The summed E-state index contributed by atoms with van der Waals surface area (Å²) in [7, 11) is 1.61. The lowest BCUT2D eigenvalue weighted by Gasteiger charge is -2.07. The van der Waals surface area contributed by atoms with Gasteiger partial charge in [-0.25, -0.2) is 0 Å². The number of benzene rings is 1. The molecule has 1 aromatic heterocycles. The maximum Gasteiger partial charge on any atom is 0.177 e. The highest BCUT2D eigenvalue weighted by Crippen LogP contribution is 2.30. The molecule has 0 saturated carbocycles. The Labute approximate surface area is 133 Å². The lowest BCUT2D eigenvalue weighted by molar-refractivity contribution is 0.0996. The molecule has 19 heavy (non-hydrogen) atoms. The van der Waals surface area contributed by atoms with E-state index in [1.54, 1.807) is 7.11 Å². The van der Waals surface area contributed by atoms with E-state index in [0.29, 0.717) is 6.42 Å². The number of carbonyl (C=O) groups excluding carboxylic acids is 1. The molecule has 1 heterocycles. The Kier molecular flexibility index (Phi) is 4.81. The van der Waals surface area contributed by atoms with Gasteiger partial charge < -0.3 is 4.74 Å². The summed E-state index contributed by atoms with van der Waals surface area (Å²) in [5, 5.41) is 0. The van der Waals surface area contributed by atoms with Crippen LogP contribution in [-0.4, -0.2) is 12.9 Å². The van der Waals surface area contributed by atoms with Crippen LogP contribution in [0, 0.1) is 6.92 Å². The van der Waals surface area contributed by atoms with E-state index in [0.717, 1.165) is 30.0 Å². The van der Waals surface area contributed by atoms with Crippen LogP contribution in [0.5, 0.6) is 5.75 Å². The zero-order valence-electron chi connectivity index (χ0n) is 10.5. The Balaban J connectivity index is 2.25. The van der Waals surface area contributed by atoms with E-state index in [-0.39, 0.29) is 5.78 Å². The van der Waals surface area contributed by atoms with Gasteiger partial charge in [-0.2, -0.15) is 0 Å². The van der Waals surface area contributed by atoms with Gasteiger partial charge in [-0.1, -0.05) is 15.9 Å². The molecule has 5 heteroatoms. The van der Waals surface area contributed by atoms with Crippen molar-refractivity contribution in [3.63, 3.8) is 0 Å². The predicted octanol–water partition coefficient (Wildman–Crippen LogP) is 5.02. The number of hydrogen-bond donors (Lipinski definition) is 0. The second-order valence-electron chi connectivity index (χ2n) is 4.12. The first-order chi connectivity index (χ1) is 9.01. The fourth-order valence-corrected chi connectivity index (χ4v) is 3.62. The maximum absolute atomic E-state index is 12.3. The van der Waals surface area contributed by atoms with Crippen molar-refractivity contribution in [3.05, 3.63) is 48.5 Å². The number of ketones is 1. The van der Waals surface area contributed by atoms with Gasteiger partial charge in [-0.15, -0.1) is 11.3 Å². The molecule has 2 rings (SSSR count). The molecule has 0 fully saturated rings. The Morgan fingerprint density at radius 3 is 2.63 bits per heavy atom. The molecule has 0 radical (unpaired) electrons. The molecular weight excluding hydrogens is 392 g/mol. The standard InChI is InChI=1S/C14H12Br2O2S/c1-8-5-13(19-14(8)16)11(17)7-9-6-10(15)3-4-12(9)18-2/h3-6H,7H2,1-2H3. The number of thiophene rings is 1. The van der Waals surface area contributed by atoms with E-state index in [1.807, 2.05) is 31.2 Å². The number of methoxy groups -OCH3 is 1. The molecule has 0 N–H and O–H groups in total. The normalized spacial score (nSPS) is 10.5. The second-order valence-corrected chi connectivity index (χ2v) is 7.41. The van der Waals surface area contributed by atoms with Gasteiger partial charge in [-0.3, -0.25) is 4.79 Å². The highest BCUT2D eigenvalue weighted by molar-refractivity contribution is 9.11. The third kappa shape index (κ3) is 3.46. The Morgan fingerprint density at radius 2 is 2.05 bits per heavy atom. The minimum Gasteiger partial charge on any atom is -0.496 e. The van der Waals surface area contributed by atoms with Gasteiger partial charge in [0, 0.05) is 16.5 Å². The zero-order valence-corrected chi connectivity index (χ0v) is 14.5. The summed E-state index contributed by atoms with van der Waals surface area (Å²) >= 11 is 8.33. The molecule has 0 spiro atoms. The lowest BCUT2D eigenvalue weighted by atomic mass is 10.1. The van der Waals surface area contributed by atoms with Crippen molar-refractivity contribution in [2.24, 2.45) is 0 Å². The van der Waals surface area contributed by atoms with Crippen LogP contribution in [0.3, 0.4) is 0 Å². The summed E-state index contributed by atoms with van der Waals surface area (Å²) in [5.41, 5.74) is 1.98. The van der Waals surface area contributed by atoms with Crippen LogP contribution < -0.4 is 4.74 Å². The first kappa shape index (κ1) is 14.8. The van der Waals surface area contributed by atoms with Gasteiger partial charge in [0.05, 0.1) is 15.8 Å². The quantitative estimate of drug-likeness (QED) is 0.670. The van der Waals surface area contributed by atoms with E-state index in [2.05, 4.69) is 31.9 Å². The van der Waals surface area contributed by atoms with Gasteiger partial charge in [0.25, 0.3) is 0 Å². The van der Waals surface area contributed by atoms with Crippen LogP contribution in [0.1, 0.15) is 20.8 Å². The van der Waals surface area contributed by atoms with Crippen LogP contribution in [0.4, 0.5) is 0 Å². The van der Waals surface area contributed by atoms with E-state index >= 15 is 0 Å². The molecule has 0 aliphatic carbocycles. The van der Waals surface area contributed by atoms with Crippen molar-refractivity contribution in [2.45, 2.75) is 13.3 Å². The average molecular weight is 404 g/mol. The molecule has 0 saturated heterocycles. The van der Waals surface area contributed by atoms with Crippen LogP contribution in [0.2, 0.25) is 0 Å². The van der Waals surface area contributed by atoms with Crippen LogP contribution in [0.25, 0.3) is 0 Å². The SMILES string of the molecule is COc1ccc(Br)cc1CC(=O)c1cc(C)c(Br)s1. The first-order valence-corrected chi connectivity index (χ1v) is 8.03. The Morgan fingerprint density at radius 1 is 1.32 bits per heavy atom. The van der Waals surface area contributed by atoms with E-state index < -0.39 is 0 Å². The highest BCUT2D eigenvalue weighted by atomic mass is 79.9. The fraction of sp³-hybridized carbons (Fsp3) is 0.214. The summed E-state index contributed by atoms with van der Waals surface area (Å²) < 4.78 is 7.24. The van der Waals surface area contributed by atoms with Crippen LogP contribution in [0.15, 0.2) is 32.5 Å². The van der Waals surface area contributed by atoms with Crippen molar-refractivity contribution < 1.29 is 9.53 Å². The molecule has 0 amide bonds. The summed E-state index contributed by atoms with van der Waals surface area (Å²) in [5.74, 6) is 0.846. The molecule has 2 nitrogen and oxygen atoms in total. The smallest absolute Gasteiger partial charge is 0.177 e. The second kappa shape index (κ2) is 6.20. The summed E-state index contributed by atoms with van der Waals surface area (Å²) in [4.78, 5) is 13.0. The lowest BCUT2D eigenvalue weighted by Crippen LogP contribution is -2.03. The Bertz CT molecular complexity index is 600. The first-order valence-electron chi connectivity index (χ1n) is 5.63. The summed E-state index contributed by atoms with van der Waals surface area (Å²) in [6.07, 6.45) is 0.342. The number of halogens is 2. The topological polar surface area (TPSA) is 26.3 Å². The van der Waals surface area contributed by atoms with E-state index in [4.69, 9.17) is 4.74 Å². The van der Waals surface area contributed by atoms with Gasteiger partial charge in [0.2, 0.25) is 0 Å². The molecule has 0 aliphatic heterocycles. The number of carbonyl (C=O) groups is 1. The van der Waals surface area contributed by atoms with Crippen LogP contribution in [-0.2, 0) is 6.42 Å². The van der Waals surface area contributed by atoms with Gasteiger partial charge in [-0.05, 0) is 52.7 Å². The highest BCUT2D eigenvalue weighted by Gasteiger charge is 2.14. The Hall–Kier alpha value is -0.650. The number of ether oxygens (including phenoxy) is 1. The number of hydrogen-bond acceptors (Lipinski definition) is 3. The zero-order chi connectivity index (χ0) is 14.0. The molecule has 0 aliphatic rings. The summed E-state index contributed by atoms with van der Waals surface area (Å²) in [6, 6.07) is 7.61. The fourth-order valence-electron chi connectivity index (χ4n) is 1.74. The van der Waals surface area contributed by atoms with Crippen molar-refractivity contribution >= 4 is 49.0 Å². The van der Waals surface area contributed by atoms with Crippen molar-refractivity contribution in [1.29, 1.82) is 0 Å². The van der Waals surface area contributed by atoms with Crippen molar-refractivity contribution in [3.8, 4) is 5.75 Å². The molecular formula is C14H12Br2O2S. The maximum atomic E-state index is 12.3. The average Bonchev–Trinajstić information content (AvgIpc) is 2.70. The van der Waals surface area contributed by atoms with Gasteiger partial charge in [0.15, 0.2) is 5.78 Å². The number of aryl methyl sites for hydroxylation is 1. The number of rotatable bonds is 4. The van der Waals surface area contributed by atoms with E-state index in [1.165, 1.54) is 11.3 Å². The monoisotopic (exact) mass is 402 g/mol. The van der Waals surface area contributed by atoms with Crippen molar-refractivity contribution in [1.82, 2.24) is 0 Å². The number of Topliss-reactive ketones (excluding diaryl/α,β-unsaturated/α-hetero) is 1. The molecule has 0 bridgehead atoms. The molecule has 1 aromatic carbocycles. The van der Waals surface area contributed by atoms with E-state index in [9.17, 15) is 4.79 Å². The molecule has 0 unspecified atom stereocenters. The van der Waals surface area contributed by atoms with Gasteiger partial charge >= 0.3 is 0 Å². The minimum absolute atomic E-state index is 0.107. The molecule has 100 valence electrons. The molecule has 2 aromatic rings. The predicted molar refractivity (Wildman–Crippen MR) is 85.5 cm³/mol. The summed E-state index contributed by atoms with van der Waals surface area (Å²) in [6.45, 7) is 1.98. The third-order valence-electron chi connectivity index (χ3n) is 2.73. The van der Waals surface area contributed by atoms with Gasteiger partial charge in [0.1, 0.15) is 5.75 Å². The third-order valence-corrected chi connectivity index (χ3v) is 5.40. The largest absolute Gasteiger partial charge is 0.496 e. The molecule has 0 atom stereocenters.